The van der Waals surface area contributed by atoms with E-state index in [-0.39, 0.29) is 16.7 Å². The molecule has 0 aliphatic carbocycles. The summed E-state index contributed by atoms with van der Waals surface area (Å²) in [5.74, 6) is 0. The average molecular weight is 222 g/mol. The summed E-state index contributed by atoms with van der Waals surface area (Å²) in [5.41, 5.74) is 2.70. The number of nitrogens with one attached hydrogen (secondary N) is 1. The molecule has 0 atom stereocenters. The van der Waals surface area contributed by atoms with Crippen molar-refractivity contribution < 1.29 is 9.66 Å². The number of hydrogen-bond donors (Lipinski definition) is 1. The van der Waals surface area contributed by atoms with Gasteiger partial charge in [0.25, 0.3) is 5.69 Å². The molecule has 1 N–H and O–H groups in total. The van der Waals surface area contributed by atoms with Gasteiger partial charge in [-0.3, -0.25) is 10.1 Å². The lowest BCUT2D eigenvalue weighted by Crippen LogP contribution is -2.40. The number of nitrogens with zero attached hydrogens (tertiary/aromatic N) is 1. The van der Waals surface area contributed by atoms with Crippen molar-refractivity contribution in [3.05, 3.63) is 33.4 Å². The molecule has 16 heavy (non-hydrogen) atoms. The summed E-state index contributed by atoms with van der Waals surface area (Å²) in [7, 11) is 0. The van der Waals surface area contributed by atoms with Crippen LogP contribution in [-0.4, -0.2) is 24.2 Å². The highest BCUT2D eigenvalue weighted by atomic mass is 16.6. The van der Waals surface area contributed by atoms with E-state index in [0.29, 0.717) is 18.8 Å². The maximum absolute atomic E-state index is 10.8. The van der Waals surface area contributed by atoms with Crippen LogP contribution >= 0.6 is 0 Å². The average Bonchev–Trinajstić information content (AvgIpc) is 2.13. The number of nitro benzene ring substituents is 1. The first-order valence-electron chi connectivity index (χ1n) is 5.18. The number of benzene rings is 1. The maximum Gasteiger partial charge on any atom is 0.274 e. The zero-order valence-corrected chi connectivity index (χ0v) is 9.32. The minimum Gasteiger partial charge on any atom is -0.377 e. The van der Waals surface area contributed by atoms with Crippen molar-refractivity contribution in [3.63, 3.8) is 0 Å². The second-order valence-electron chi connectivity index (χ2n) is 4.09. The van der Waals surface area contributed by atoms with Crippen molar-refractivity contribution in [3.8, 4) is 0 Å². The van der Waals surface area contributed by atoms with Crippen molar-refractivity contribution >= 4 is 11.4 Å². The summed E-state index contributed by atoms with van der Waals surface area (Å²) in [6.45, 7) is 5.03. The van der Waals surface area contributed by atoms with Gasteiger partial charge in [0.1, 0.15) is 0 Å². The highest BCUT2D eigenvalue weighted by Crippen LogP contribution is 2.27. The van der Waals surface area contributed by atoms with Crippen molar-refractivity contribution in [2.24, 2.45) is 0 Å². The summed E-state index contributed by atoms with van der Waals surface area (Å²) in [6.07, 6.45) is 0. The third-order valence-electron chi connectivity index (χ3n) is 2.74. The van der Waals surface area contributed by atoms with Gasteiger partial charge in [-0.05, 0) is 25.5 Å². The monoisotopic (exact) mass is 222 g/mol. The molecule has 5 heteroatoms. The molecule has 2 rings (SSSR count). The Bertz CT molecular complexity index is 427. The molecule has 0 radical (unpaired) electrons. The van der Waals surface area contributed by atoms with Crippen LogP contribution < -0.4 is 5.32 Å². The number of anilines is 1. The van der Waals surface area contributed by atoms with E-state index in [2.05, 4.69) is 5.32 Å². The van der Waals surface area contributed by atoms with E-state index in [9.17, 15) is 10.1 Å². The molecule has 1 fully saturated rings. The molecule has 0 aromatic heterocycles. The van der Waals surface area contributed by atoms with Crippen LogP contribution in [-0.2, 0) is 4.74 Å². The van der Waals surface area contributed by atoms with Gasteiger partial charge in [-0.2, -0.15) is 0 Å². The van der Waals surface area contributed by atoms with E-state index in [1.54, 1.807) is 13.0 Å². The lowest BCUT2D eigenvalue weighted by molar-refractivity contribution is -0.385. The van der Waals surface area contributed by atoms with Gasteiger partial charge in [-0.15, -0.1) is 0 Å². The number of nitro groups is 1. The minimum atomic E-state index is -0.350. The van der Waals surface area contributed by atoms with Crippen LogP contribution in [0.25, 0.3) is 0 Å². The number of hydrogen-bond acceptors (Lipinski definition) is 4. The SMILES string of the molecule is Cc1cc(C)c([N+](=O)[O-])cc1NC1COC1. The van der Waals surface area contributed by atoms with Crippen LogP contribution in [0.5, 0.6) is 0 Å². The molecule has 0 bridgehead atoms. The Labute approximate surface area is 93.6 Å². The summed E-state index contributed by atoms with van der Waals surface area (Å²) in [5, 5.41) is 14.0. The first-order valence-corrected chi connectivity index (χ1v) is 5.18. The normalized spacial score (nSPS) is 15.6. The topological polar surface area (TPSA) is 64.4 Å². The zero-order chi connectivity index (χ0) is 11.7. The highest BCUT2D eigenvalue weighted by molar-refractivity contribution is 5.60. The standard InChI is InChI=1S/C11H14N2O3/c1-7-3-8(2)11(13(14)15)4-10(7)12-9-5-16-6-9/h3-4,9,12H,5-6H2,1-2H3. The second kappa shape index (κ2) is 4.09. The van der Waals surface area contributed by atoms with Crippen molar-refractivity contribution in [1.82, 2.24) is 0 Å². The largest absolute Gasteiger partial charge is 0.377 e. The lowest BCUT2D eigenvalue weighted by Gasteiger charge is -2.28. The van der Waals surface area contributed by atoms with Crippen LogP contribution in [0.3, 0.4) is 0 Å². The van der Waals surface area contributed by atoms with Crippen LogP contribution in [0.1, 0.15) is 11.1 Å². The molecule has 1 saturated heterocycles. The Morgan fingerprint density at radius 2 is 2.06 bits per heavy atom. The molecule has 1 aromatic carbocycles. The lowest BCUT2D eigenvalue weighted by atomic mass is 10.1. The molecule has 0 saturated carbocycles. The third-order valence-corrected chi connectivity index (χ3v) is 2.74. The van der Waals surface area contributed by atoms with E-state index in [1.165, 1.54) is 0 Å². The Kier molecular flexibility index (Phi) is 2.78. The molecule has 0 spiro atoms. The Balaban J connectivity index is 2.28. The van der Waals surface area contributed by atoms with E-state index in [1.807, 2.05) is 13.0 Å². The number of aryl methyl sites for hydroxylation is 2. The third kappa shape index (κ3) is 1.99. The molecule has 1 aliphatic heterocycles. The molecule has 0 amide bonds. The predicted molar refractivity (Wildman–Crippen MR) is 60.8 cm³/mol. The van der Waals surface area contributed by atoms with Gasteiger partial charge < -0.3 is 10.1 Å². The Hall–Kier alpha value is -1.62. The minimum absolute atomic E-state index is 0.161. The first-order chi connectivity index (χ1) is 7.58. The fraction of sp³-hybridized carbons (Fsp3) is 0.455. The molecule has 0 unspecified atom stereocenters. The van der Waals surface area contributed by atoms with Crippen molar-refractivity contribution in [2.45, 2.75) is 19.9 Å². The predicted octanol–water partition coefficient (Wildman–Crippen LogP) is 2.02. The van der Waals surface area contributed by atoms with Gasteiger partial charge in [-0.25, -0.2) is 0 Å². The zero-order valence-electron chi connectivity index (χ0n) is 9.32. The quantitative estimate of drug-likeness (QED) is 0.627. The van der Waals surface area contributed by atoms with E-state index >= 15 is 0 Å². The summed E-state index contributed by atoms with van der Waals surface area (Å²) < 4.78 is 5.05. The summed E-state index contributed by atoms with van der Waals surface area (Å²) >= 11 is 0. The Morgan fingerprint density at radius 3 is 2.56 bits per heavy atom. The van der Waals surface area contributed by atoms with Crippen LogP contribution in [0.2, 0.25) is 0 Å². The molecule has 1 heterocycles. The number of rotatable bonds is 3. The van der Waals surface area contributed by atoms with Crippen LogP contribution in [0, 0.1) is 24.0 Å². The smallest absolute Gasteiger partial charge is 0.274 e. The Morgan fingerprint density at radius 1 is 1.38 bits per heavy atom. The maximum atomic E-state index is 10.8. The molecule has 1 aliphatic rings. The summed E-state index contributed by atoms with van der Waals surface area (Å²) in [4.78, 5) is 10.5. The second-order valence-corrected chi connectivity index (χ2v) is 4.09. The van der Waals surface area contributed by atoms with E-state index < -0.39 is 0 Å². The van der Waals surface area contributed by atoms with Gasteiger partial charge in [0.2, 0.25) is 0 Å². The van der Waals surface area contributed by atoms with Gasteiger partial charge in [-0.1, -0.05) is 0 Å². The molecular weight excluding hydrogens is 208 g/mol. The number of ether oxygens (including phenoxy) is 1. The van der Waals surface area contributed by atoms with E-state index in [0.717, 1.165) is 11.3 Å². The molecular formula is C11H14N2O3. The fourth-order valence-electron chi connectivity index (χ4n) is 1.73. The van der Waals surface area contributed by atoms with Crippen LogP contribution in [0.15, 0.2) is 12.1 Å². The highest BCUT2D eigenvalue weighted by Gasteiger charge is 2.20. The molecule has 1 aromatic rings. The van der Waals surface area contributed by atoms with E-state index in [4.69, 9.17) is 4.74 Å². The fourth-order valence-corrected chi connectivity index (χ4v) is 1.73. The van der Waals surface area contributed by atoms with Crippen molar-refractivity contribution in [1.29, 1.82) is 0 Å². The van der Waals surface area contributed by atoms with Crippen molar-refractivity contribution in [2.75, 3.05) is 18.5 Å². The van der Waals surface area contributed by atoms with Crippen LogP contribution in [0.4, 0.5) is 11.4 Å². The first kappa shape index (κ1) is 10.9. The van der Waals surface area contributed by atoms with Gasteiger partial charge >= 0.3 is 0 Å². The molecule has 5 nitrogen and oxygen atoms in total. The van der Waals surface area contributed by atoms with Gasteiger partial charge in [0, 0.05) is 17.3 Å². The molecule has 86 valence electrons. The van der Waals surface area contributed by atoms with Gasteiger partial charge in [0.15, 0.2) is 0 Å². The van der Waals surface area contributed by atoms with Gasteiger partial charge in [0.05, 0.1) is 24.2 Å². The summed E-state index contributed by atoms with van der Waals surface area (Å²) in [6, 6.07) is 3.71.